The van der Waals surface area contributed by atoms with Crippen LogP contribution in [0.4, 0.5) is 0 Å². The summed E-state index contributed by atoms with van der Waals surface area (Å²) in [6.45, 7) is 1.32. The maximum atomic E-state index is 10.1. The van der Waals surface area contributed by atoms with Gasteiger partial charge < -0.3 is 4.74 Å². The first-order valence-corrected chi connectivity index (χ1v) is 3.60. The number of rotatable bonds is 2. The molecule has 0 rings (SSSR count). The van der Waals surface area contributed by atoms with Crippen LogP contribution in [0, 0.1) is 0 Å². The quantitative estimate of drug-likeness (QED) is 0.500. The standard InChI is InChI=1S/C4H6BrClO2/c1-3(7)8-4(6)2-5/h4H,2H2,1H3. The van der Waals surface area contributed by atoms with Gasteiger partial charge in [0.05, 0.1) is 5.33 Å². The average Bonchev–Trinajstić information content (AvgIpc) is 1.65. The van der Waals surface area contributed by atoms with Crippen LogP contribution in [0.1, 0.15) is 6.92 Å². The van der Waals surface area contributed by atoms with Crippen molar-refractivity contribution in [2.24, 2.45) is 0 Å². The lowest BCUT2D eigenvalue weighted by molar-refractivity contribution is -0.141. The first-order valence-electron chi connectivity index (χ1n) is 2.04. The molecule has 0 amide bonds. The van der Waals surface area contributed by atoms with Gasteiger partial charge in [-0.2, -0.15) is 0 Å². The fourth-order valence-electron chi connectivity index (χ4n) is 0.212. The maximum Gasteiger partial charge on any atom is 0.304 e. The van der Waals surface area contributed by atoms with E-state index in [1.807, 2.05) is 0 Å². The van der Waals surface area contributed by atoms with E-state index in [0.717, 1.165) is 0 Å². The molecule has 0 aliphatic rings. The molecule has 0 radical (unpaired) electrons. The van der Waals surface area contributed by atoms with Crippen LogP contribution in [0.2, 0.25) is 0 Å². The molecule has 0 heterocycles. The van der Waals surface area contributed by atoms with E-state index < -0.39 is 5.56 Å². The van der Waals surface area contributed by atoms with E-state index in [4.69, 9.17) is 11.6 Å². The largest absolute Gasteiger partial charge is 0.445 e. The summed E-state index contributed by atoms with van der Waals surface area (Å²) < 4.78 is 4.48. The van der Waals surface area contributed by atoms with Crippen molar-refractivity contribution in [1.82, 2.24) is 0 Å². The lowest BCUT2D eigenvalue weighted by atomic mass is 10.8. The van der Waals surface area contributed by atoms with Crippen molar-refractivity contribution in [3.8, 4) is 0 Å². The number of hydrogen-bond donors (Lipinski definition) is 0. The molecular weight excluding hydrogens is 195 g/mol. The Morgan fingerprint density at radius 1 is 2.00 bits per heavy atom. The molecule has 0 aromatic rings. The predicted octanol–water partition coefficient (Wildman–Crippen LogP) is 1.51. The van der Waals surface area contributed by atoms with Crippen LogP contribution >= 0.6 is 27.5 Å². The summed E-state index contributed by atoms with van der Waals surface area (Å²) in [5, 5.41) is 0.466. The highest BCUT2D eigenvalue weighted by molar-refractivity contribution is 9.09. The first-order chi connectivity index (χ1) is 3.66. The lowest BCUT2D eigenvalue weighted by Gasteiger charge is -2.03. The third-order valence-corrected chi connectivity index (χ3v) is 1.62. The van der Waals surface area contributed by atoms with Crippen molar-refractivity contribution in [1.29, 1.82) is 0 Å². The van der Waals surface area contributed by atoms with Gasteiger partial charge in [0.2, 0.25) is 0 Å². The Balaban J connectivity index is 3.24. The molecule has 0 bridgehead atoms. The van der Waals surface area contributed by atoms with E-state index in [-0.39, 0.29) is 5.97 Å². The SMILES string of the molecule is CC(=O)OC(Cl)CBr. The highest BCUT2D eigenvalue weighted by Gasteiger charge is 2.02. The van der Waals surface area contributed by atoms with E-state index in [1.165, 1.54) is 6.92 Å². The van der Waals surface area contributed by atoms with Crippen molar-refractivity contribution >= 4 is 33.5 Å². The summed E-state index contributed by atoms with van der Waals surface area (Å²) >= 11 is 8.40. The van der Waals surface area contributed by atoms with Crippen LogP contribution in [-0.2, 0) is 9.53 Å². The van der Waals surface area contributed by atoms with Gasteiger partial charge in [-0.3, -0.25) is 4.79 Å². The summed E-state index contributed by atoms with van der Waals surface area (Å²) in [6, 6.07) is 0. The van der Waals surface area contributed by atoms with Gasteiger partial charge in [-0.1, -0.05) is 27.5 Å². The third-order valence-electron chi connectivity index (χ3n) is 0.415. The Bertz CT molecular complexity index is 86.1. The van der Waals surface area contributed by atoms with Crippen molar-refractivity contribution in [3.05, 3.63) is 0 Å². The van der Waals surface area contributed by atoms with Crippen LogP contribution in [0.5, 0.6) is 0 Å². The molecule has 4 heteroatoms. The average molecular weight is 201 g/mol. The minimum absolute atomic E-state index is 0.357. The van der Waals surface area contributed by atoms with Gasteiger partial charge in [0.25, 0.3) is 0 Å². The number of esters is 1. The van der Waals surface area contributed by atoms with Crippen LogP contribution in [0.25, 0.3) is 0 Å². The molecule has 8 heavy (non-hydrogen) atoms. The molecule has 1 unspecified atom stereocenters. The Hall–Kier alpha value is 0.240. The molecule has 0 fully saturated rings. The van der Waals surface area contributed by atoms with Crippen molar-refractivity contribution in [3.63, 3.8) is 0 Å². The van der Waals surface area contributed by atoms with E-state index in [1.54, 1.807) is 0 Å². The molecule has 2 nitrogen and oxygen atoms in total. The molecule has 48 valence electrons. The Morgan fingerprint density at radius 3 is 2.62 bits per heavy atom. The minimum Gasteiger partial charge on any atom is -0.445 e. The van der Waals surface area contributed by atoms with E-state index >= 15 is 0 Å². The second-order valence-electron chi connectivity index (χ2n) is 1.17. The first kappa shape index (κ1) is 8.24. The Morgan fingerprint density at radius 2 is 2.50 bits per heavy atom. The van der Waals surface area contributed by atoms with Crippen molar-refractivity contribution < 1.29 is 9.53 Å². The molecule has 0 aliphatic heterocycles. The molecular formula is C4H6BrClO2. The zero-order valence-corrected chi connectivity index (χ0v) is 6.70. The van der Waals surface area contributed by atoms with Crippen LogP contribution in [0.15, 0.2) is 0 Å². The van der Waals surface area contributed by atoms with Crippen LogP contribution < -0.4 is 0 Å². The Kier molecular flexibility index (Phi) is 4.28. The molecule has 1 atom stereocenters. The Labute approximate surface area is 61.3 Å². The fraction of sp³-hybridized carbons (Fsp3) is 0.750. The fourth-order valence-corrected chi connectivity index (χ4v) is 0.469. The van der Waals surface area contributed by atoms with E-state index in [2.05, 4.69) is 20.7 Å². The highest BCUT2D eigenvalue weighted by atomic mass is 79.9. The van der Waals surface area contributed by atoms with Crippen molar-refractivity contribution in [2.75, 3.05) is 5.33 Å². The van der Waals surface area contributed by atoms with Gasteiger partial charge >= 0.3 is 5.97 Å². The van der Waals surface area contributed by atoms with Crippen LogP contribution in [-0.4, -0.2) is 16.9 Å². The van der Waals surface area contributed by atoms with Gasteiger partial charge in [-0.15, -0.1) is 0 Å². The summed E-state index contributed by atoms with van der Waals surface area (Å²) in [7, 11) is 0. The molecule has 0 aromatic carbocycles. The highest BCUT2D eigenvalue weighted by Crippen LogP contribution is 2.01. The number of carbonyl (C=O) groups excluding carboxylic acids is 1. The number of carbonyl (C=O) groups is 1. The number of ether oxygens (including phenoxy) is 1. The second kappa shape index (κ2) is 4.15. The number of hydrogen-bond acceptors (Lipinski definition) is 2. The molecule has 0 saturated carbocycles. The monoisotopic (exact) mass is 200 g/mol. The second-order valence-corrected chi connectivity index (χ2v) is 2.31. The van der Waals surface area contributed by atoms with Gasteiger partial charge in [-0.25, -0.2) is 0 Å². The normalized spacial score (nSPS) is 12.9. The summed E-state index contributed by atoms with van der Waals surface area (Å²) in [4.78, 5) is 10.1. The molecule has 0 saturated heterocycles. The predicted molar refractivity (Wildman–Crippen MR) is 35.2 cm³/mol. The van der Waals surface area contributed by atoms with E-state index in [0.29, 0.717) is 5.33 Å². The van der Waals surface area contributed by atoms with Gasteiger partial charge in [-0.05, 0) is 0 Å². The number of alkyl halides is 2. The van der Waals surface area contributed by atoms with Crippen molar-refractivity contribution in [2.45, 2.75) is 12.5 Å². The molecule has 0 spiro atoms. The number of halogens is 2. The summed E-state index contributed by atoms with van der Waals surface area (Å²) in [5.74, 6) is -0.357. The third kappa shape index (κ3) is 4.40. The molecule has 0 aliphatic carbocycles. The zero-order chi connectivity index (χ0) is 6.57. The smallest absolute Gasteiger partial charge is 0.304 e. The molecule has 0 N–H and O–H groups in total. The van der Waals surface area contributed by atoms with Gasteiger partial charge in [0, 0.05) is 6.92 Å². The lowest BCUT2D eigenvalue weighted by Crippen LogP contribution is -2.09. The topological polar surface area (TPSA) is 26.3 Å². The van der Waals surface area contributed by atoms with Gasteiger partial charge in [0.1, 0.15) is 0 Å². The molecule has 0 aromatic heterocycles. The van der Waals surface area contributed by atoms with E-state index in [9.17, 15) is 4.79 Å². The van der Waals surface area contributed by atoms with Gasteiger partial charge in [0.15, 0.2) is 5.56 Å². The summed E-state index contributed by atoms with van der Waals surface area (Å²) in [5.41, 5.74) is -0.535. The minimum atomic E-state index is -0.535. The zero-order valence-electron chi connectivity index (χ0n) is 4.36. The summed E-state index contributed by atoms with van der Waals surface area (Å²) in [6.07, 6.45) is 0. The van der Waals surface area contributed by atoms with Crippen LogP contribution in [0.3, 0.4) is 0 Å². The maximum absolute atomic E-state index is 10.1.